The first-order chi connectivity index (χ1) is 9.34. The molecule has 0 aromatic heterocycles. The van der Waals surface area contributed by atoms with Gasteiger partial charge in [-0.2, -0.15) is 0 Å². The molecule has 1 nitrogen and oxygen atoms in total. The quantitative estimate of drug-likeness (QED) is 0.848. The highest BCUT2D eigenvalue weighted by atomic mass is 16.3. The first-order valence-electron chi connectivity index (χ1n) is 8.12. The molecule has 3 fully saturated rings. The van der Waals surface area contributed by atoms with Crippen LogP contribution in [0.4, 0.5) is 0 Å². The molecule has 0 amide bonds. The third kappa shape index (κ3) is 2.03. The molecule has 3 aliphatic carbocycles. The summed E-state index contributed by atoms with van der Waals surface area (Å²) in [7, 11) is 0. The van der Waals surface area contributed by atoms with Gasteiger partial charge in [-0.3, -0.25) is 0 Å². The highest BCUT2D eigenvalue weighted by Gasteiger charge is 2.54. The summed E-state index contributed by atoms with van der Waals surface area (Å²) < 4.78 is 0. The zero-order valence-corrected chi connectivity index (χ0v) is 11.6. The van der Waals surface area contributed by atoms with E-state index in [4.69, 9.17) is 0 Å². The number of fused-ring (bicyclic) bond motifs is 1. The third-order valence-corrected chi connectivity index (χ3v) is 5.94. The van der Waals surface area contributed by atoms with Gasteiger partial charge in [0.2, 0.25) is 0 Å². The molecule has 0 heterocycles. The Labute approximate surface area is 116 Å². The fourth-order valence-electron chi connectivity index (χ4n) is 4.45. The van der Waals surface area contributed by atoms with Crippen molar-refractivity contribution >= 4 is 0 Å². The van der Waals surface area contributed by atoms with E-state index < -0.39 is 0 Å². The van der Waals surface area contributed by atoms with Crippen molar-refractivity contribution in [3.63, 3.8) is 0 Å². The lowest BCUT2D eigenvalue weighted by molar-refractivity contribution is 0.142. The monoisotopic (exact) mass is 256 g/mol. The zero-order chi connectivity index (χ0) is 12.8. The summed E-state index contributed by atoms with van der Waals surface area (Å²) in [5.74, 6) is 3.02. The van der Waals surface area contributed by atoms with Crippen LogP contribution in [0.2, 0.25) is 0 Å². The summed E-state index contributed by atoms with van der Waals surface area (Å²) in [6.45, 7) is 0. The first kappa shape index (κ1) is 12.0. The van der Waals surface area contributed by atoms with E-state index in [1.165, 1.54) is 50.5 Å². The summed E-state index contributed by atoms with van der Waals surface area (Å²) in [6, 6.07) is 8.88. The van der Waals surface area contributed by atoms with Crippen molar-refractivity contribution in [1.29, 1.82) is 0 Å². The van der Waals surface area contributed by atoms with Crippen LogP contribution in [0, 0.1) is 17.8 Å². The van der Waals surface area contributed by atoms with Crippen molar-refractivity contribution < 1.29 is 5.11 Å². The van der Waals surface area contributed by atoms with Crippen LogP contribution in [0.15, 0.2) is 24.3 Å². The Morgan fingerprint density at radius 3 is 2.00 bits per heavy atom. The van der Waals surface area contributed by atoms with E-state index in [1.807, 2.05) is 0 Å². The second kappa shape index (κ2) is 4.63. The van der Waals surface area contributed by atoms with Gasteiger partial charge in [0.1, 0.15) is 0 Å². The lowest BCUT2D eigenvalue weighted by Gasteiger charge is -2.26. The van der Waals surface area contributed by atoms with Gasteiger partial charge in [-0.25, -0.2) is 0 Å². The molecule has 1 N–H and O–H groups in total. The van der Waals surface area contributed by atoms with E-state index >= 15 is 0 Å². The van der Waals surface area contributed by atoms with Crippen molar-refractivity contribution in [2.24, 2.45) is 17.8 Å². The van der Waals surface area contributed by atoms with E-state index in [0.29, 0.717) is 5.92 Å². The normalized spacial score (nSPS) is 35.3. The third-order valence-electron chi connectivity index (χ3n) is 5.94. The van der Waals surface area contributed by atoms with Crippen LogP contribution >= 0.6 is 0 Å². The smallest absolute Gasteiger partial charge is 0.0823 e. The predicted molar refractivity (Wildman–Crippen MR) is 76.9 cm³/mol. The van der Waals surface area contributed by atoms with Gasteiger partial charge < -0.3 is 5.11 Å². The van der Waals surface area contributed by atoms with Crippen LogP contribution in [0.3, 0.4) is 0 Å². The number of aliphatic hydroxyl groups is 1. The fraction of sp³-hybridized carbons (Fsp3) is 0.667. The number of rotatable bonds is 3. The molecule has 1 heteroatoms. The summed E-state index contributed by atoms with van der Waals surface area (Å²) in [4.78, 5) is 0. The minimum absolute atomic E-state index is 0.205. The first-order valence-corrected chi connectivity index (χ1v) is 8.12. The van der Waals surface area contributed by atoms with Gasteiger partial charge in [0.15, 0.2) is 0 Å². The molecule has 3 atom stereocenters. The molecule has 0 bridgehead atoms. The highest BCUT2D eigenvalue weighted by molar-refractivity contribution is 5.29. The molecular weight excluding hydrogens is 232 g/mol. The minimum Gasteiger partial charge on any atom is -0.388 e. The number of hydrogen-bond acceptors (Lipinski definition) is 1. The second-order valence-electron chi connectivity index (χ2n) is 6.93. The van der Waals surface area contributed by atoms with Gasteiger partial charge in [-0.15, -0.1) is 0 Å². The van der Waals surface area contributed by atoms with Crippen LogP contribution in [0.5, 0.6) is 0 Å². The van der Waals surface area contributed by atoms with Crippen LogP contribution in [0.25, 0.3) is 0 Å². The van der Waals surface area contributed by atoms with Crippen LogP contribution < -0.4 is 0 Å². The molecule has 3 aliphatic rings. The Kier molecular flexibility index (Phi) is 2.91. The Balaban J connectivity index is 1.46. The Bertz CT molecular complexity index is 433. The van der Waals surface area contributed by atoms with Crippen molar-refractivity contribution in [3.05, 3.63) is 35.4 Å². The lowest BCUT2D eigenvalue weighted by Crippen LogP contribution is -2.09. The topological polar surface area (TPSA) is 20.2 Å². The summed E-state index contributed by atoms with van der Waals surface area (Å²) in [5.41, 5.74) is 2.64. The lowest BCUT2D eigenvalue weighted by atomic mass is 9.80. The van der Waals surface area contributed by atoms with Crippen molar-refractivity contribution in [2.45, 2.75) is 57.0 Å². The van der Waals surface area contributed by atoms with Gasteiger partial charge >= 0.3 is 0 Å². The molecule has 3 unspecified atom stereocenters. The van der Waals surface area contributed by atoms with Gasteiger partial charge in [-0.05, 0) is 60.5 Å². The highest BCUT2D eigenvalue weighted by Crippen LogP contribution is 2.60. The average molecular weight is 256 g/mol. The Hall–Kier alpha value is -0.820. The zero-order valence-electron chi connectivity index (χ0n) is 11.6. The number of benzene rings is 1. The van der Waals surface area contributed by atoms with Gasteiger partial charge in [0, 0.05) is 0 Å². The van der Waals surface area contributed by atoms with Crippen molar-refractivity contribution in [2.75, 3.05) is 0 Å². The fourth-order valence-corrected chi connectivity index (χ4v) is 4.45. The molecule has 0 radical (unpaired) electrons. The van der Waals surface area contributed by atoms with Crippen LogP contribution in [0.1, 0.15) is 68.1 Å². The molecular formula is C18H24O. The molecule has 3 saturated carbocycles. The summed E-state index contributed by atoms with van der Waals surface area (Å²) in [6.07, 6.45) is 9.36. The Morgan fingerprint density at radius 2 is 1.47 bits per heavy atom. The maximum atomic E-state index is 10.6. The molecule has 0 aliphatic heterocycles. The maximum absolute atomic E-state index is 10.6. The SMILES string of the molecule is OC(c1ccc(C2CCC2)cc1)C1C2CCCCC21. The largest absolute Gasteiger partial charge is 0.388 e. The molecule has 0 spiro atoms. The molecule has 1 aromatic carbocycles. The average Bonchev–Trinajstić information content (AvgIpc) is 3.11. The van der Waals surface area contributed by atoms with Gasteiger partial charge in [0.25, 0.3) is 0 Å². The Morgan fingerprint density at radius 1 is 0.842 bits per heavy atom. The van der Waals surface area contributed by atoms with E-state index in [-0.39, 0.29) is 6.10 Å². The van der Waals surface area contributed by atoms with Crippen molar-refractivity contribution in [3.8, 4) is 0 Å². The molecule has 4 rings (SSSR count). The molecule has 0 saturated heterocycles. The summed E-state index contributed by atoms with van der Waals surface area (Å²) >= 11 is 0. The molecule has 19 heavy (non-hydrogen) atoms. The van der Waals surface area contributed by atoms with Gasteiger partial charge in [-0.1, -0.05) is 43.5 Å². The summed E-state index contributed by atoms with van der Waals surface area (Å²) in [5, 5.41) is 10.6. The van der Waals surface area contributed by atoms with Gasteiger partial charge in [0.05, 0.1) is 6.10 Å². The predicted octanol–water partition coefficient (Wildman–Crippen LogP) is 4.42. The van der Waals surface area contributed by atoms with E-state index in [2.05, 4.69) is 24.3 Å². The number of aliphatic hydroxyl groups excluding tert-OH is 1. The van der Waals surface area contributed by atoms with E-state index in [1.54, 1.807) is 0 Å². The number of hydrogen-bond donors (Lipinski definition) is 1. The van der Waals surface area contributed by atoms with E-state index in [9.17, 15) is 5.11 Å². The standard InChI is InChI=1S/C18H24O/c19-18(17-15-6-1-2-7-16(15)17)14-10-8-13(9-11-14)12-4-3-5-12/h8-12,15-19H,1-7H2. The molecule has 102 valence electrons. The second-order valence-corrected chi connectivity index (χ2v) is 6.93. The minimum atomic E-state index is -0.205. The van der Waals surface area contributed by atoms with E-state index in [0.717, 1.165) is 23.3 Å². The van der Waals surface area contributed by atoms with Crippen LogP contribution in [-0.2, 0) is 0 Å². The van der Waals surface area contributed by atoms with Crippen molar-refractivity contribution in [1.82, 2.24) is 0 Å². The maximum Gasteiger partial charge on any atom is 0.0823 e. The van der Waals surface area contributed by atoms with Crippen LogP contribution in [-0.4, -0.2) is 5.11 Å². The molecule has 1 aromatic rings.